The van der Waals surface area contributed by atoms with Crippen molar-refractivity contribution in [2.45, 2.75) is 13.3 Å². The Kier molecular flexibility index (Phi) is 4.43. The molecule has 0 spiro atoms. The Morgan fingerprint density at radius 3 is 3.06 bits per heavy atom. The smallest absolute Gasteiger partial charge is 0.254 e. The maximum Gasteiger partial charge on any atom is 0.254 e. The molecule has 2 N–H and O–H groups in total. The van der Waals surface area contributed by atoms with Crippen molar-refractivity contribution in [1.29, 1.82) is 0 Å². The lowest BCUT2D eigenvalue weighted by Crippen LogP contribution is -2.45. The molecule has 0 aliphatic carbocycles. The molecule has 0 radical (unpaired) electrons. The van der Waals surface area contributed by atoms with Crippen molar-refractivity contribution in [1.82, 2.24) is 4.90 Å². The van der Waals surface area contributed by atoms with Crippen LogP contribution in [-0.2, 0) is 0 Å². The third-order valence-electron chi connectivity index (χ3n) is 3.52. The number of likely N-dealkylation sites (tertiary alicyclic amines) is 1. The van der Waals surface area contributed by atoms with Gasteiger partial charge in [0.05, 0.1) is 8.45 Å². The van der Waals surface area contributed by atoms with Gasteiger partial charge in [0, 0.05) is 18.5 Å². The van der Waals surface area contributed by atoms with Crippen LogP contribution < -0.4 is 5.73 Å². The van der Waals surface area contributed by atoms with Crippen LogP contribution in [0.25, 0.3) is 0 Å². The lowest BCUT2D eigenvalue weighted by Gasteiger charge is -2.36. The highest BCUT2D eigenvalue weighted by Gasteiger charge is 2.28. The number of hydrogen-bond donors (Lipinski definition) is 1. The van der Waals surface area contributed by atoms with Gasteiger partial charge in [-0.3, -0.25) is 4.79 Å². The molecule has 2 unspecified atom stereocenters. The van der Waals surface area contributed by atoms with E-state index in [0.29, 0.717) is 18.4 Å². The van der Waals surface area contributed by atoms with Gasteiger partial charge in [-0.15, -0.1) is 11.3 Å². The molecule has 17 heavy (non-hydrogen) atoms. The van der Waals surface area contributed by atoms with Crippen LogP contribution in [0.15, 0.2) is 11.4 Å². The molecular weight excluding hydrogens is 347 g/mol. The molecule has 2 heterocycles. The van der Waals surface area contributed by atoms with Gasteiger partial charge in [-0.2, -0.15) is 0 Å². The Morgan fingerprint density at radius 1 is 1.71 bits per heavy atom. The van der Waals surface area contributed by atoms with E-state index < -0.39 is 0 Å². The summed E-state index contributed by atoms with van der Waals surface area (Å²) in [5.41, 5.74) is 6.59. The zero-order chi connectivity index (χ0) is 12.4. The Morgan fingerprint density at radius 2 is 2.47 bits per heavy atom. The average molecular weight is 364 g/mol. The van der Waals surface area contributed by atoms with Gasteiger partial charge >= 0.3 is 0 Å². The van der Waals surface area contributed by atoms with Crippen LogP contribution >= 0.6 is 33.9 Å². The van der Waals surface area contributed by atoms with Crippen molar-refractivity contribution in [3.63, 3.8) is 0 Å². The van der Waals surface area contributed by atoms with Crippen LogP contribution in [-0.4, -0.2) is 30.4 Å². The van der Waals surface area contributed by atoms with E-state index in [1.54, 1.807) is 11.3 Å². The number of nitrogens with two attached hydrogens (primary N) is 1. The summed E-state index contributed by atoms with van der Waals surface area (Å²) in [5, 5.41) is 1.94. The summed E-state index contributed by atoms with van der Waals surface area (Å²) >= 11 is 3.87. The topological polar surface area (TPSA) is 46.3 Å². The van der Waals surface area contributed by atoms with Crippen molar-refractivity contribution in [2.24, 2.45) is 17.6 Å². The van der Waals surface area contributed by atoms with Gasteiger partial charge in [0.1, 0.15) is 0 Å². The van der Waals surface area contributed by atoms with E-state index in [2.05, 4.69) is 29.5 Å². The van der Waals surface area contributed by atoms with Crippen molar-refractivity contribution in [3.8, 4) is 0 Å². The Hall–Kier alpha value is -0.140. The molecule has 1 aromatic heterocycles. The van der Waals surface area contributed by atoms with Gasteiger partial charge in [-0.05, 0) is 53.5 Å². The molecule has 1 amide bonds. The highest BCUT2D eigenvalue weighted by atomic mass is 127. The van der Waals surface area contributed by atoms with Crippen LogP contribution in [0.4, 0.5) is 0 Å². The summed E-state index contributed by atoms with van der Waals surface area (Å²) < 4.78 is 1.16. The maximum absolute atomic E-state index is 12.3. The Labute approximate surface area is 120 Å². The zero-order valence-corrected chi connectivity index (χ0v) is 12.8. The molecule has 0 aromatic carbocycles. The summed E-state index contributed by atoms with van der Waals surface area (Å²) in [6.07, 6.45) is 1.06. The third-order valence-corrected chi connectivity index (χ3v) is 5.31. The molecule has 0 saturated carbocycles. The first-order valence-corrected chi connectivity index (χ1v) is 7.81. The lowest BCUT2D eigenvalue weighted by atomic mass is 9.87. The molecule has 1 aromatic rings. The average Bonchev–Trinajstić information content (AvgIpc) is 2.75. The maximum atomic E-state index is 12.3. The number of carbonyl (C=O) groups is 1. The lowest BCUT2D eigenvalue weighted by molar-refractivity contribution is 0.0619. The van der Waals surface area contributed by atoms with E-state index in [1.807, 2.05) is 16.3 Å². The third kappa shape index (κ3) is 3.00. The highest BCUT2D eigenvalue weighted by Crippen LogP contribution is 2.25. The monoisotopic (exact) mass is 364 g/mol. The second-order valence-corrected chi connectivity index (χ2v) is 7.46. The minimum atomic E-state index is 0.162. The fourth-order valence-electron chi connectivity index (χ4n) is 2.25. The number of amides is 1. The quantitative estimate of drug-likeness (QED) is 0.820. The molecule has 5 heteroatoms. The Balaban J connectivity index is 2.05. The summed E-state index contributed by atoms with van der Waals surface area (Å²) in [5.74, 6) is 1.24. The number of nitrogens with zero attached hydrogens (tertiary/aromatic N) is 1. The number of hydrogen-bond acceptors (Lipinski definition) is 3. The standard InChI is InChI=1S/C12H17IN2OS/c1-8-2-3-15(6-10(8)5-14)12(16)9-4-11(13)17-7-9/h4,7-8,10H,2-3,5-6,14H2,1H3. The van der Waals surface area contributed by atoms with Crippen LogP contribution in [0, 0.1) is 14.7 Å². The van der Waals surface area contributed by atoms with Gasteiger partial charge < -0.3 is 10.6 Å². The Bertz CT molecular complexity index is 407. The van der Waals surface area contributed by atoms with E-state index in [0.717, 1.165) is 28.0 Å². The molecule has 3 nitrogen and oxygen atoms in total. The van der Waals surface area contributed by atoms with Crippen LogP contribution in [0.5, 0.6) is 0 Å². The SMILES string of the molecule is CC1CCN(C(=O)c2csc(I)c2)CC1CN. The predicted octanol–water partition coefficient (Wildman–Crippen LogP) is 2.41. The zero-order valence-electron chi connectivity index (χ0n) is 9.86. The first kappa shape index (κ1) is 13.3. The van der Waals surface area contributed by atoms with E-state index in [4.69, 9.17) is 5.73 Å². The normalized spacial score (nSPS) is 25.0. The number of piperidine rings is 1. The van der Waals surface area contributed by atoms with Crippen molar-refractivity contribution < 1.29 is 4.79 Å². The molecule has 1 aliphatic heterocycles. The van der Waals surface area contributed by atoms with Gasteiger partial charge in [0.25, 0.3) is 5.91 Å². The van der Waals surface area contributed by atoms with Gasteiger partial charge in [0.2, 0.25) is 0 Å². The fraction of sp³-hybridized carbons (Fsp3) is 0.583. The molecule has 0 bridgehead atoms. The first-order chi connectivity index (χ1) is 8.11. The van der Waals surface area contributed by atoms with Crippen molar-refractivity contribution >= 4 is 39.8 Å². The second kappa shape index (κ2) is 5.67. The first-order valence-electron chi connectivity index (χ1n) is 5.85. The molecule has 1 fully saturated rings. The van der Waals surface area contributed by atoms with Crippen molar-refractivity contribution in [3.05, 3.63) is 19.9 Å². The van der Waals surface area contributed by atoms with Gasteiger partial charge in [-0.25, -0.2) is 0 Å². The van der Waals surface area contributed by atoms with Gasteiger partial charge in [-0.1, -0.05) is 6.92 Å². The van der Waals surface area contributed by atoms with E-state index in [-0.39, 0.29) is 5.91 Å². The minimum absolute atomic E-state index is 0.162. The van der Waals surface area contributed by atoms with Crippen molar-refractivity contribution in [2.75, 3.05) is 19.6 Å². The fourth-order valence-corrected chi connectivity index (χ4v) is 3.57. The molecule has 1 saturated heterocycles. The number of rotatable bonds is 2. The van der Waals surface area contributed by atoms with Crippen LogP contribution in [0.1, 0.15) is 23.7 Å². The molecule has 2 atom stereocenters. The van der Waals surface area contributed by atoms with Crippen LogP contribution in [0.2, 0.25) is 0 Å². The number of thiophene rings is 1. The summed E-state index contributed by atoms with van der Waals surface area (Å²) in [7, 11) is 0. The molecule has 1 aliphatic rings. The summed E-state index contributed by atoms with van der Waals surface area (Å²) in [4.78, 5) is 14.2. The van der Waals surface area contributed by atoms with E-state index in [9.17, 15) is 4.79 Å². The predicted molar refractivity (Wildman–Crippen MR) is 79.3 cm³/mol. The summed E-state index contributed by atoms with van der Waals surface area (Å²) in [6.45, 7) is 4.57. The van der Waals surface area contributed by atoms with Gasteiger partial charge in [0.15, 0.2) is 0 Å². The van der Waals surface area contributed by atoms with Crippen LogP contribution in [0.3, 0.4) is 0 Å². The number of carbonyl (C=O) groups excluding carboxylic acids is 1. The molecule has 2 rings (SSSR count). The summed E-state index contributed by atoms with van der Waals surface area (Å²) in [6, 6.07) is 1.96. The van der Waals surface area contributed by atoms with E-state index in [1.165, 1.54) is 0 Å². The van der Waals surface area contributed by atoms with E-state index >= 15 is 0 Å². The molecular formula is C12H17IN2OS. The minimum Gasteiger partial charge on any atom is -0.338 e. The largest absolute Gasteiger partial charge is 0.338 e. The second-order valence-electron chi connectivity index (χ2n) is 4.65. The highest BCUT2D eigenvalue weighted by molar-refractivity contribution is 14.1. The number of halogens is 1. The molecule has 94 valence electrons.